The van der Waals surface area contributed by atoms with Gasteiger partial charge in [0.2, 0.25) is 0 Å². The third-order valence-electron chi connectivity index (χ3n) is 3.96. The van der Waals surface area contributed by atoms with E-state index in [4.69, 9.17) is 0 Å². The number of hydrogen-bond donors (Lipinski definition) is 1. The molecule has 0 saturated heterocycles. The Morgan fingerprint density at radius 3 is 1.81 bits per heavy atom. The summed E-state index contributed by atoms with van der Waals surface area (Å²) >= 11 is 0.348. The molecule has 0 radical (unpaired) electrons. The molecule has 26 heavy (non-hydrogen) atoms. The van der Waals surface area contributed by atoms with Crippen LogP contribution in [0.25, 0.3) is 6.08 Å². The molecule has 1 unspecified atom stereocenters. The minimum absolute atomic E-state index is 0.139. The van der Waals surface area contributed by atoms with Crippen molar-refractivity contribution in [3.63, 3.8) is 0 Å². The van der Waals surface area contributed by atoms with Crippen LogP contribution in [0.5, 0.6) is 0 Å². The second-order valence-electron chi connectivity index (χ2n) is 5.81. The molecule has 0 aromatic heterocycles. The summed E-state index contributed by atoms with van der Waals surface area (Å²) in [4.78, 5) is 0.389. The first-order valence-corrected chi connectivity index (χ1v) is 8.97. The van der Waals surface area contributed by atoms with Crippen LogP contribution in [0.1, 0.15) is 11.1 Å². The predicted molar refractivity (Wildman–Crippen MR) is 103 cm³/mol. The predicted octanol–water partition coefficient (Wildman–Crippen LogP) is 5.97. The molecule has 1 atom stereocenters. The summed E-state index contributed by atoms with van der Waals surface area (Å²) in [5, 5.41) is 7.60. The van der Waals surface area contributed by atoms with E-state index in [1.165, 1.54) is 24.3 Å². The largest absolute Gasteiger partial charge is 0.374 e. The molecular weight excluding hydrogens is 350 g/mol. The van der Waals surface area contributed by atoms with Gasteiger partial charge in [0.15, 0.2) is 5.60 Å². The fourth-order valence-electron chi connectivity index (χ4n) is 2.55. The molecule has 0 aliphatic heterocycles. The summed E-state index contributed by atoms with van der Waals surface area (Å²) < 4.78 is 30.4. The lowest BCUT2D eigenvalue weighted by Gasteiger charge is -2.33. The van der Waals surface area contributed by atoms with Gasteiger partial charge in [0, 0.05) is 4.90 Å². The van der Waals surface area contributed by atoms with Gasteiger partial charge in [0.25, 0.3) is 0 Å². The monoisotopic (exact) mass is 368 g/mol. The first-order chi connectivity index (χ1) is 12.5. The fraction of sp³-hybridized carbons (Fsp3) is 0.0909. The number of hydrogen-bond acceptors (Lipinski definition) is 2. The maximum atomic E-state index is 15.2. The van der Waals surface area contributed by atoms with Crippen LogP contribution in [0, 0.1) is 0 Å². The standard InChI is InChI=1S/C22H18F2OS/c23-22(24,26-20-14-8-3-9-15-20)21(25,19-12-6-2-7-13-19)17-16-18-10-4-1-5-11-18/h1-17,25H/b17-16+. The molecule has 0 bridgehead atoms. The number of thioether (sulfide) groups is 1. The molecule has 4 heteroatoms. The van der Waals surface area contributed by atoms with Crippen molar-refractivity contribution < 1.29 is 13.9 Å². The highest BCUT2D eigenvalue weighted by molar-refractivity contribution is 8.00. The van der Waals surface area contributed by atoms with Crippen molar-refractivity contribution in [3.8, 4) is 0 Å². The first kappa shape index (κ1) is 18.4. The normalized spacial score (nSPS) is 14.3. The maximum absolute atomic E-state index is 15.2. The topological polar surface area (TPSA) is 20.2 Å². The molecule has 1 N–H and O–H groups in total. The van der Waals surface area contributed by atoms with Crippen molar-refractivity contribution in [2.75, 3.05) is 0 Å². The highest BCUT2D eigenvalue weighted by Gasteiger charge is 2.53. The van der Waals surface area contributed by atoms with Crippen molar-refractivity contribution >= 4 is 17.8 Å². The Morgan fingerprint density at radius 1 is 0.731 bits per heavy atom. The van der Waals surface area contributed by atoms with Crippen molar-refractivity contribution in [2.45, 2.75) is 15.8 Å². The van der Waals surface area contributed by atoms with Gasteiger partial charge in [0.05, 0.1) is 0 Å². The van der Waals surface area contributed by atoms with Crippen LogP contribution in [-0.2, 0) is 5.60 Å². The zero-order chi connectivity index (χ0) is 18.5. The number of halogens is 2. The quantitative estimate of drug-likeness (QED) is 0.541. The van der Waals surface area contributed by atoms with Crippen molar-refractivity contribution in [2.24, 2.45) is 0 Å². The van der Waals surface area contributed by atoms with Gasteiger partial charge < -0.3 is 5.11 Å². The summed E-state index contributed by atoms with van der Waals surface area (Å²) in [7, 11) is 0. The van der Waals surface area contributed by atoms with Crippen molar-refractivity contribution in [1.82, 2.24) is 0 Å². The van der Waals surface area contributed by atoms with Gasteiger partial charge in [-0.1, -0.05) is 84.9 Å². The molecule has 3 rings (SSSR count). The van der Waals surface area contributed by atoms with E-state index in [-0.39, 0.29) is 5.56 Å². The van der Waals surface area contributed by atoms with E-state index in [9.17, 15) is 5.11 Å². The molecule has 1 nitrogen and oxygen atoms in total. The van der Waals surface area contributed by atoms with Gasteiger partial charge in [0.1, 0.15) is 0 Å². The molecule has 3 aromatic carbocycles. The Morgan fingerprint density at radius 2 is 1.23 bits per heavy atom. The van der Waals surface area contributed by atoms with Gasteiger partial charge in [-0.05, 0) is 41.1 Å². The minimum atomic E-state index is -3.47. The molecule has 3 aromatic rings. The molecule has 0 spiro atoms. The highest BCUT2D eigenvalue weighted by Crippen LogP contribution is 2.49. The molecule has 0 heterocycles. The van der Waals surface area contributed by atoms with E-state index in [2.05, 4.69) is 0 Å². The van der Waals surface area contributed by atoms with Crippen LogP contribution in [0.3, 0.4) is 0 Å². The molecule has 0 amide bonds. The van der Waals surface area contributed by atoms with Gasteiger partial charge in [-0.3, -0.25) is 0 Å². The molecule has 0 saturated carbocycles. The van der Waals surface area contributed by atoms with Crippen LogP contribution in [0.2, 0.25) is 0 Å². The van der Waals surface area contributed by atoms with Gasteiger partial charge in [-0.25, -0.2) is 0 Å². The van der Waals surface area contributed by atoms with E-state index in [1.807, 2.05) is 18.2 Å². The minimum Gasteiger partial charge on any atom is -0.374 e. The van der Waals surface area contributed by atoms with E-state index in [0.29, 0.717) is 16.7 Å². The third-order valence-corrected chi connectivity index (χ3v) is 5.04. The van der Waals surface area contributed by atoms with E-state index in [1.54, 1.807) is 60.7 Å². The Labute approximate surface area is 156 Å². The average molecular weight is 368 g/mol. The molecule has 132 valence electrons. The number of benzene rings is 3. The van der Waals surface area contributed by atoms with Crippen molar-refractivity contribution in [1.29, 1.82) is 0 Å². The van der Waals surface area contributed by atoms with E-state index >= 15 is 8.78 Å². The van der Waals surface area contributed by atoms with Gasteiger partial charge >= 0.3 is 5.25 Å². The summed E-state index contributed by atoms with van der Waals surface area (Å²) in [5.41, 5.74) is -1.58. The number of rotatable bonds is 6. The lowest BCUT2D eigenvalue weighted by atomic mass is 9.92. The van der Waals surface area contributed by atoms with Crippen molar-refractivity contribution in [3.05, 3.63) is 108 Å². The Bertz CT molecular complexity index is 851. The molecular formula is C22H18F2OS. The molecule has 0 aliphatic carbocycles. The molecule has 0 aliphatic rings. The lowest BCUT2D eigenvalue weighted by Crippen LogP contribution is -2.41. The Kier molecular flexibility index (Phi) is 5.55. The first-order valence-electron chi connectivity index (χ1n) is 8.15. The zero-order valence-electron chi connectivity index (χ0n) is 13.9. The summed E-state index contributed by atoms with van der Waals surface area (Å²) in [6.45, 7) is 0. The number of aliphatic hydroxyl groups is 1. The SMILES string of the molecule is OC(/C=C/c1ccccc1)(c1ccccc1)C(F)(F)Sc1ccccc1. The van der Waals surface area contributed by atoms with Crippen LogP contribution in [0.4, 0.5) is 8.78 Å². The van der Waals surface area contributed by atoms with Crippen LogP contribution in [-0.4, -0.2) is 10.4 Å². The van der Waals surface area contributed by atoms with E-state index < -0.39 is 10.9 Å². The summed E-state index contributed by atoms with van der Waals surface area (Å²) in [6, 6.07) is 25.5. The van der Waals surface area contributed by atoms with Gasteiger partial charge in [-0.15, -0.1) is 0 Å². The van der Waals surface area contributed by atoms with Crippen LogP contribution in [0.15, 0.2) is 102 Å². The maximum Gasteiger partial charge on any atom is 0.334 e. The summed E-state index contributed by atoms with van der Waals surface area (Å²) in [5.74, 6) is 0. The Balaban J connectivity index is 2.01. The lowest BCUT2D eigenvalue weighted by molar-refractivity contribution is -0.0925. The zero-order valence-corrected chi connectivity index (χ0v) is 14.7. The number of alkyl halides is 2. The molecule has 0 fully saturated rings. The van der Waals surface area contributed by atoms with E-state index in [0.717, 1.165) is 5.56 Å². The second-order valence-corrected chi connectivity index (χ2v) is 7.00. The second kappa shape index (κ2) is 7.85. The highest BCUT2D eigenvalue weighted by atomic mass is 32.2. The van der Waals surface area contributed by atoms with Gasteiger partial charge in [-0.2, -0.15) is 8.78 Å². The summed E-state index contributed by atoms with van der Waals surface area (Å²) in [6.07, 6.45) is 2.69. The Hall–Kier alpha value is -2.43. The third kappa shape index (κ3) is 4.03. The van der Waals surface area contributed by atoms with Crippen LogP contribution >= 0.6 is 11.8 Å². The fourth-order valence-corrected chi connectivity index (χ4v) is 3.48. The average Bonchev–Trinajstić information content (AvgIpc) is 2.68. The smallest absolute Gasteiger partial charge is 0.334 e. The van der Waals surface area contributed by atoms with Crippen LogP contribution < -0.4 is 0 Å².